The summed E-state index contributed by atoms with van der Waals surface area (Å²) in [5, 5.41) is 1.25. The molecule has 2 heterocycles. The van der Waals surface area contributed by atoms with Crippen molar-refractivity contribution in [1.29, 1.82) is 0 Å². The van der Waals surface area contributed by atoms with Crippen molar-refractivity contribution in [3.05, 3.63) is 70.9 Å². The number of aryl methyl sites for hydroxylation is 1. The highest BCUT2D eigenvalue weighted by atomic mass is 16.2. The van der Waals surface area contributed by atoms with E-state index in [-0.39, 0.29) is 5.91 Å². The van der Waals surface area contributed by atoms with Gasteiger partial charge in [-0.1, -0.05) is 42.5 Å². The number of benzene rings is 2. The van der Waals surface area contributed by atoms with E-state index in [1.165, 1.54) is 27.7 Å². The molecule has 4 rings (SSSR count). The highest BCUT2D eigenvalue weighted by Gasteiger charge is 2.24. The van der Waals surface area contributed by atoms with E-state index in [1.807, 2.05) is 29.2 Å². The van der Waals surface area contributed by atoms with E-state index in [0.717, 1.165) is 18.5 Å². The molecule has 116 valence electrons. The van der Waals surface area contributed by atoms with Crippen LogP contribution in [0.3, 0.4) is 0 Å². The van der Waals surface area contributed by atoms with Crippen LogP contribution < -0.4 is 0 Å². The molecule has 0 saturated carbocycles. The minimum absolute atomic E-state index is 0.218. The Hall–Kier alpha value is -2.55. The van der Waals surface area contributed by atoms with Crippen LogP contribution >= 0.6 is 0 Å². The zero-order chi connectivity index (χ0) is 15.8. The maximum atomic E-state index is 12.7. The van der Waals surface area contributed by atoms with Crippen molar-refractivity contribution in [1.82, 2.24) is 9.88 Å². The number of aromatic amines is 1. The summed E-state index contributed by atoms with van der Waals surface area (Å²) >= 11 is 0. The first-order valence-electron chi connectivity index (χ1n) is 8.13. The molecule has 0 atom stereocenters. The first kappa shape index (κ1) is 14.1. The average molecular weight is 304 g/mol. The van der Waals surface area contributed by atoms with Crippen LogP contribution in [0.25, 0.3) is 10.9 Å². The van der Waals surface area contributed by atoms with Crippen LogP contribution in [0, 0.1) is 6.92 Å². The molecule has 1 aromatic heterocycles. The summed E-state index contributed by atoms with van der Waals surface area (Å²) < 4.78 is 0. The molecule has 3 heteroatoms. The predicted molar refractivity (Wildman–Crippen MR) is 92.3 cm³/mol. The third-order valence-electron chi connectivity index (χ3n) is 4.84. The van der Waals surface area contributed by atoms with E-state index in [9.17, 15) is 4.79 Å². The number of H-pyrrole nitrogens is 1. The molecule has 0 radical (unpaired) electrons. The van der Waals surface area contributed by atoms with E-state index in [0.29, 0.717) is 13.0 Å². The Kier molecular flexibility index (Phi) is 3.41. The van der Waals surface area contributed by atoms with Crippen molar-refractivity contribution in [3.63, 3.8) is 0 Å². The smallest absolute Gasteiger partial charge is 0.227 e. The van der Waals surface area contributed by atoms with Crippen LogP contribution in [0.15, 0.2) is 48.5 Å². The molecule has 3 aromatic rings. The molecule has 0 unspecified atom stereocenters. The topological polar surface area (TPSA) is 36.1 Å². The number of nitrogens with one attached hydrogen (secondary N) is 1. The van der Waals surface area contributed by atoms with Crippen LogP contribution in [0.4, 0.5) is 0 Å². The van der Waals surface area contributed by atoms with Gasteiger partial charge in [0.05, 0.1) is 6.42 Å². The Morgan fingerprint density at radius 3 is 2.78 bits per heavy atom. The molecular formula is C20H20N2O. The summed E-state index contributed by atoms with van der Waals surface area (Å²) in [6.45, 7) is 3.57. The monoisotopic (exact) mass is 304 g/mol. The number of para-hydroxylation sites is 1. The number of hydrogen-bond acceptors (Lipinski definition) is 1. The SMILES string of the molecule is Cc1ccccc1CC(=O)N1CCc2[nH]c3ccccc3c2C1. The standard InChI is InChI=1S/C20H20N2O/c1-14-6-2-3-7-15(14)12-20(23)22-11-10-19-17(13-22)16-8-4-5-9-18(16)21-19/h2-9,21H,10-13H2,1H3. The average Bonchev–Trinajstić information content (AvgIpc) is 2.94. The Morgan fingerprint density at radius 2 is 1.91 bits per heavy atom. The van der Waals surface area contributed by atoms with Crippen LogP contribution in [0.5, 0.6) is 0 Å². The van der Waals surface area contributed by atoms with Gasteiger partial charge in [-0.15, -0.1) is 0 Å². The van der Waals surface area contributed by atoms with E-state index in [4.69, 9.17) is 0 Å². The number of amides is 1. The second kappa shape index (κ2) is 5.58. The quantitative estimate of drug-likeness (QED) is 0.771. The third kappa shape index (κ3) is 2.52. The van der Waals surface area contributed by atoms with Gasteiger partial charge in [0.15, 0.2) is 0 Å². The van der Waals surface area contributed by atoms with Crippen LogP contribution in [-0.2, 0) is 24.2 Å². The lowest BCUT2D eigenvalue weighted by atomic mass is 10.0. The van der Waals surface area contributed by atoms with Crippen LogP contribution in [0.1, 0.15) is 22.4 Å². The van der Waals surface area contributed by atoms with Gasteiger partial charge in [0.25, 0.3) is 0 Å². The predicted octanol–water partition coefficient (Wildman–Crippen LogP) is 3.60. The number of fused-ring (bicyclic) bond motifs is 3. The fraction of sp³-hybridized carbons (Fsp3) is 0.250. The molecule has 1 amide bonds. The fourth-order valence-electron chi connectivity index (χ4n) is 3.46. The van der Waals surface area contributed by atoms with Crippen molar-refractivity contribution in [2.75, 3.05) is 6.54 Å². The molecule has 0 fully saturated rings. The van der Waals surface area contributed by atoms with Crippen LogP contribution in [0.2, 0.25) is 0 Å². The number of aromatic nitrogens is 1. The van der Waals surface area contributed by atoms with Gasteiger partial charge in [0.2, 0.25) is 5.91 Å². The Bertz CT molecular complexity index is 878. The Balaban J connectivity index is 1.58. The number of carbonyl (C=O) groups is 1. The van der Waals surface area contributed by atoms with Crippen molar-refractivity contribution in [3.8, 4) is 0 Å². The maximum absolute atomic E-state index is 12.7. The number of carbonyl (C=O) groups excluding carboxylic acids is 1. The maximum Gasteiger partial charge on any atom is 0.227 e. The van der Waals surface area contributed by atoms with Gasteiger partial charge in [-0.25, -0.2) is 0 Å². The first-order valence-corrected chi connectivity index (χ1v) is 8.13. The zero-order valence-electron chi connectivity index (χ0n) is 13.3. The van der Waals surface area contributed by atoms with Crippen molar-refractivity contribution >= 4 is 16.8 Å². The Labute approximate surface area is 135 Å². The molecule has 0 spiro atoms. The third-order valence-corrected chi connectivity index (χ3v) is 4.84. The van der Waals surface area contributed by atoms with Gasteiger partial charge in [-0.3, -0.25) is 4.79 Å². The summed E-state index contributed by atoms with van der Waals surface area (Å²) in [7, 11) is 0. The van der Waals surface area contributed by atoms with E-state index < -0.39 is 0 Å². The van der Waals surface area contributed by atoms with E-state index >= 15 is 0 Å². The van der Waals surface area contributed by atoms with Gasteiger partial charge in [-0.05, 0) is 24.1 Å². The van der Waals surface area contributed by atoms with Crippen LogP contribution in [-0.4, -0.2) is 22.3 Å². The second-order valence-electron chi connectivity index (χ2n) is 6.30. The van der Waals surface area contributed by atoms with E-state index in [1.54, 1.807) is 0 Å². The van der Waals surface area contributed by atoms with Gasteiger partial charge in [0, 0.05) is 41.7 Å². The van der Waals surface area contributed by atoms with E-state index in [2.05, 4.69) is 36.2 Å². The molecule has 1 aliphatic heterocycles. The van der Waals surface area contributed by atoms with Gasteiger partial charge >= 0.3 is 0 Å². The summed E-state index contributed by atoms with van der Waals surface area (Å²) in [6.07, 6.45) is 1.40. The molecule has 1 N–H and O–H groups in total. The molecular weight excluding hydrogens is 284 g/mol. The summed E-state index contributed by atoms with van der Waals surface area (Å²) in [6, 6.07) is 16.5. The largest absolute Gasteiger partial charge is 0.358 e. The highest BCUT2D eigenvalue weighted by Crippen LogP contribution is 2.27. The Morgan fingerprint density at radius 1 is 1.13 bits per heavy atom. The van der Waals surface area contributed by atoms with Crippen molar-refractivity contribution in [2.24, 2.45) is 0 Å². The molecule has 2 aromatic carbocycles. The van der Waals surface area contributed by atoms with Crippen molar-refractivity contribution in [2.45, 2.75) is 26.3 Å². The lowest BCUT2D eigenvalue weighted by molar-refractivity contribution is -0.131. The van der Waals surface area contributed by atoms with Gasteiger partial charge in [-0.2, -0.15) is 0 Å². The normalized spacial score (nSPS) is 14.0. The lowest BCUT2D eigenvalue weighted by Crippen LogP contribution is -2.36. The molecule has 1 aliphatic rings. The highest BCUT2D eigenvalue weighted by molar-refractivity contribution is 5.86. The first-order chi connectivity index (χ1) is 11.2. The molecule has 0 bridgehead atoms. The molecule has 23 heavy (non-hydrogen) atoms. The second-order valence-corrected chi connectivity index (χ2v) is 6.30. The number of rotatable bonds is 2. The van der Waals surface area contributed by atoms with Gasteiger partial charge in [0.1, 0.15) is 0 Å². The summed E-state index contributed by atoms with van der Waals surface area (Å²) in [4.78, 5) is 18.2. The number of nitrogens with zero attached hydrogens (tertiary/aromatic N) is 1. The molecule has 3 nitrogen and oxygen atoms in total. The molecule has 0 saturated heterocycles. The zero-order valence-corrected chi connectivity index (χ0v) is 13.3. The fourth-order valence-corrected chi connectivity index (χ4v) is 3.46. The summed E-state index contributed by atoms with van der Waals surface area (Å²) in [5.74, 6) is 0.218. The van der Waals surface area contributed by atoms with Gasteiger partial charge < -0.3 is 9.88 Å². The lowest BCUT2D eigenvalue weighted by Gasteiger charge is -2.27. The minimum atomic E-state index is 0.218. The molecule has 0 aliphatic carbocycles. The van der Waals surface area contributed by atoms with Crippen molar-refractivity contribution < 1.29 is 4.79 Å². The number of hydrogen-bond donors (Lipinski definition) is 1. The minimum Gasteiger partial charge on any atom is -0.358 e. The summed E-state index contributed by atoms with van der Waals surface area (Å²) in [5.41, 5.74) is 6.05.